The van der Waals surface area contributed by atoms with Gasteiger partial charge in [-0.15, -0.1) is 11.3 Å². The van der Waals surface area contributed by atoms with Crippen molar-refractivity contribution in [1.29, 1.82) is 0 Å². The lowest BCUT2D eigenvalue weighted by Crippen LogP contribution is -2.38. The third kappa shape index (κ3) is 4.51. The fourth-order valence-electron chi connectivity index (χ4n) is 3.40. The average molecular weight is 410 g/mol. The van der Waals surface area contributed by atoms with E-state index in [1.807, 2.05) is 11.8 Å². The zero-order valence-electron chi connectivity index (χ0n) is 16.4. The van der Waals surface area contributed by atoms with Gasteiger partial charge < -0.3 is 15.2 Å². The first-order valence-corrected chi connectivity index (χ1v) is 10.4. The van der Waals surface area contributed by atoms with Gasteiger partial charge in [-0.25, -0.2) is 15.0 Å². The van der Waals surface area contributed by atoms with Crippen molar-refractivity contribution in [3.63, 3.8) is 0 Å². The number of nitrogens with one attached hydrogen (secondary N) is 2. The molecular formula is C20H23N7OS. The molecule has 9 heteroatoms. The van der Waals surface area contributed by atoms with Crippen LogP contribution in [0.15, 0.2) is 31.0 Å². The van der Waals surface area contributed by atoms with Gasteiger partial charge in [0.1, 0.15) is 0 Å². The minimum absolute atomic E-state index is 0.00567. The van der Waals surface area contributed by atoms with Crippen LogP contribution >= 0.6 is 11.3 Å². The first-order chi connectivity index (χ1) is 14.1. The standard InChI is InChI=1S/C20H23N7OS/c1-13-14(2)29-20(25-13)26-19-18(22-7-8-23-19)15-4-3-9-27(11-15)17(28)6-5-16-10-21-12-24-16/h5-8,10,12,15H,3-4,9,11H2,1-2H3,(H,21,24)(H,23,25,26). The molecule has 1 amide bonds. The molecule has 1 aliphatic heterocycles. The molecule has 0 bridgehead atoms. The molecule has 0 radical (unpaired) electrons. The highest BCUT2D eigenvalue weighted by atomic mass is 32.1. The number of aryl methyl sites for hydroxylation is 2. The molecule has 2 N–H and O–H groups in total. The van der Waals surface area contributed by atoms with E-state index in [2.05, 4.69) is 37.2 Å². The van der Waals surface area contributed by atoms with Gasteiger partial charge >= 0.3 is 0 Å². The second-order valence-corrected chi connectivity index (χ2v) is 8.24. The lowest BCUT2D eigenvalue weighted by atomic mass is 9.94. The molecule has 4 rings (SSSR count). The van der Waals surface area contributed by atoms with Crippen LogP contribution in [-0.2, 0) is 4.79 Å². The van der Waals surface area contributed by atoms with Crippen molar-refractivity contribution in [2.75, 3.05) is 18.4 Å². The maximum absolute atomic E-state index is 12.6. The van der Waals surface area contributed by atoms with Crippen molar-refractivity contribution in [2.45, 2.75) is 32.6 Å². The lowest BCUT2D eigenvalue weighted by Gasteiger charge is -2.32. The number of aromatic amines is 1. The summed E-state index contributed by atoms with van der Waals surface area (Å²) in [6.45, 7) is 5.42. The fourth-order valence-corrected chi connectivity index (χ4v) is 4.21. The molecule has 150 valence electrons. The SMILES string of the molecule is Cc1nc(Nc2nccnc2C2CCCN(C(=O)C=Cc3cnc[nH]3)C2)sc1C. The molecule has 8 nitrogen and oxygen atoms in total. The van der Waals surface area contributed by atoms with Crippen molar-refractivity contribution < 1.29 is 4.79 Å². The van der Waals surface area contributed by atoms with Crippen LogP contribution < -0.4 is 5.32 Å². The Morgan fingerprint density at radius 2 is 2.21 bits per heavy atom. The van der Waals surface area contributed by atoms with Gasteiger partial charge in [-0.1, -0.05) is 0 Å². The van der Waals surface area contributed by atoms with Crippen LogP contribution in [0.25, 0.3) is 6.08 Å². The first kappa shape index (κ1) is 19.3. The number of rotatable bonds is 5. The number of carbonyl (C=O) groups is 1. The molecule has 0 saturated carbocycles. The Labute approximate surface area is 173 Å². The molecule has 0 aliphatic carbocycles. The Bertz CT molecular complexity index is 992. The topological polar surface area (TPSA) is 99.7 Å². The number of aromatic nitrogens is 5. The second-order valence-electron chi connectivity index (χ2n) is 7.04. The lowest BCUT2D eigenvalue weighted by molar-refractivity contribution is -0.127. The van der Waals surface area contributed by atoms with Crippen LogP contribution in [0.3, 0.4) is 0 Å². The monoisotopic (exact) mass is 409 g/mol. The minimum Gasteiger partial charge on any atom is -0.345 e. The van der Waals surface area contributed by atoms with Gasteiger partial charge in [-0.2, -0.15) is 0 Å². The molecule has 29 heavy (non-hydrogen) atoms. The number of hydrogen-bond acceptors (Lipinski definition) is 7. The number of hydrogen-bond donors (Lipinski definition) is 2. The number of anilines is 2. The molecule has 1 saturated heterocycles. The summed E-state index contributed by atoms with van der Waals surface area (Å²) >= 11 is 1.60. The number of thiazole rings is 1. The van der Waals surface area contributed by atoms with Crippen LogP contribution in [0.4, 0.5) is 10.9 Å². The number of piperidine rings is 1. The summed E-state index contributed by atoms with van der Waals surface area (Å²) in [6.07, 6.45) is 11.9. The Balaban J connectivity index is 1.49. The molecule has 4 heterocycles. The van der Waals surface area contributed by atoms with Crippen LogP contribution in [-0.4, -0.2) is 48.8 Å². The summed E-state index contributed by atoms with van der Waals surface area (Å²) in [5, 5.41) is 4.14. The zero-order chi connectivity index (χ0) is 20.2. The highest BCUT2D eigenvalue weighted by Gasteiger charge is 2.27. The number of amides is 1. The molecule has 1 unspecified atom stereocenters. The number of imidazole rings is 1. The van der Waals surface area contributed by atoms with E-state index in [1.54, 1.807) is 48.4 Å². The van der Waals surface area contributed by atoms with Gasteiger partial charge in [0.15, 0.2) is 10.9 Å². The van der Waals surface area contributed by atoms with E-state index in [1.165, 1.54) is 4.88 Å². The van der Waals surface area contributed by atoms with Gasteiger partial charge in [0.2, 0.25) is 5.91 Å². The van der Waals surface area contributed by atoms with Gasteiger partial charge in [-0.05, 0) is 32.8 Å². The molecule has 1 aliphatic rings. The largest absolute Gasteiger partial charge is 0.345 e. The normalized spacial score (nSPS) is 17.0. The predicted molar refractivity (Wildman–Crippen MR) is 113 cm³/mol. The molecule has 3 aromatic heterocycles. The first-order valence-electron chi connectivity index (χ1n) is 9.57. The van der Waals surface area contributed by atoms with Crippen LogP contribution in [0.2, 0.25) is 0 Å². The van der Waals surface area contributed by atoms with Crippen LogP contribution in [0.1, 0.15) is 40.7 Å². The quantitative estimate of drug-likeness (QED) is 0.626. The summed E-state index contributed by atoms with van der Waals surface area (Å²) in [4.78, 5) is 36.2. The third-order valence-electron chi connectivity index (χ3n) is 5.03. The van der Waals surface area contributed by atoms with Gasteiger partial charge in [0.25, 0.3) is 0 Å². The number of H-pyrrole nitrogens is 1. The van der Waals surface area contributed by atoms with E-state index in [9.17, 15) is 4.79 Å². The maximum Gasteiger partial charge on any atom is 0.246 e. The van der Waals surface area contributed by atoms with Crippen molar-refractivity contribution in [3.05, 3.63) is 53.0 Å². The van der Waals surface area contributed by atoms with Crippen LogP contribution in [0.5, 0.6) is 0 Å². The average Bonchev–Trinajstić information content (AvgIpc) is 3.36. The zero-order valence-corrected chi connectivity index (χ0v) is 17.2. The number of nitrogens with zero attached hydrogens (tertiary/aromatic N) is 5. The summed E-state index contributed by atoms with van der Waals surface area (Å²) in [6, 6.07) is 0. The Morgan fingerprint density at radius 1 is 1.34 bits per heavy atom. The minimum atomic E-state index is -0.00567. The van der Waals surface area contributed by atoms with Crippen molar-refractivity contribution in [1.82, 2.24) is 29.8 Å². The molecule has 0 aromatic carbocycles. The van der Waals surface area contributed by atoms with Crippen molar-refractivity contribution >= 4 is 34.3 Å². The van der Waals surface area contributed by atoms with Crippen LogP contribution in [0, 0.1) is 13.8 Å². The van der Waals surface area contributed by atoms with E-state index in [4.69, 9.17) is 0 Å². The summed E-state index contributed by atoms with van der Waals surface area (Å²) in [5.41, 5.74) is 2.70. The highest BCUT2D eigenvalue weighted by Crippen LogP contribution is 2.32. The third-order valence-corrected chi connectivity index (χ3v) is 6.01. The van der Waals surface area contributed by atoms with Gasteiger partial charge in [0, 0.05) is 42.4 Å². The van der Waals surface area contributed by atoms with Gasteiger partial charge in [-0.3, -0.25) is 9.78 Å². The maximum atomic E-state index is 12.6. The molecular weight excluding hydrogens is 386 g/mol. The number of likely N-dealkylation sites (tertiary alicyclic amines) is 1. The van der Waals surface area contributed by atoms with Gasteiger partial charge in [0.05, 0.1) is 29.6 Å². The summed E-state index contributed by atoms with van der Waals surface area (Å²) < 4.78 is 0. The molecule has 1 fully saturated rings. The summed E-state index contributed by atoms with van der Waals surface area (Å²) in [5.74, 6) is 0.842. The molecule has 3 aromatic rings. The number of carbonyl (C=O) groups excluding carboxylic acids is 1. The Morgan fingerprint density at radius 3 is 2.97 bits per heavy atom. The predicted octanol–water partition coefficient (Wildman–Crippen LogP) is 3.44. The van der Waals surface area contributed by atoms with E-state index < -0.39 is 0 Å². The Kier molecular flexibility index (Phi) is 5.66. The molecule has 1 atom stereocenters. The smallest absolute Gasteiger partial charge is 0.246 e. The van der Waals surface area contributed by atoms with E-state index in [0.29, 0.717) is 12.4 Å². The van der Waals surface area contributed by atoms with E-state index >= 15 is 0 Å². The Hall–Kier alpha value is -3.07. The fraction of sp³-hybridized carbons (Fsp3) is 0.350. The van der Waals surface area contributed by atoms with Crippen molar-refractivity contribution in [3.8, 4) is 0 Å². The van der Waals surface area contributed by atoms with Crippen molar-refractivity contribution in [2.24, 2.45) is 0 Å². The van der Waals surface area contributed by atoms with E-state index in [-0.39, 0.29) is 11.8 Å². The highest BCUT2D eigenvalue weighted by molar-refractivity contribution is 7.15. The molecule has 0 spiro atoms. The van der Waals surface area contributed by atoms with E-state index in [0.717, 1.165) is 41.6 Å². The second kappa shape index (κ2) is 8.52. The summed E-state index contributed by atoms with van der Waals surface area (Å²) in [7, 11) is 0.